The smallest absolute Gasteiger partial charge is 0.266 e. The number of rotatable bonds is 7. The van der Waals surface area contributed by atoms with Gasteiger partial charge in [0, 0.05) is 5.75 Å². The summed E-state index contributed by atoms with van der Waals surface area (Å²) < 4.78 is 48.8. The lowest BCUT2D eigenvalue weighted by molar-refractivity contribution is 0.311. The highest BCUT2D eigenvalue weighted by Gasteiger charge is 2.14. The Kier molecular flexibility index (Phi) is 5.77. The minimum atomic E-state index is -3.73. The van der Waals surface area contributed by atoms with Gasteiger partial charge in [0.15, 0.2) is 0 Å². The Morgan fingerprint density at radius 1 is 1.11 bits per heavy atom. The quantitative estimate of drug-likeness (QED) is 0.462. The van der Waals surface area contributed by atoms with Gasteiger partial charge in [-0.1, -0.05) is 17.7 Å². The van der Waals surface area contributed by atoms with Crippen LogP contribution >= 0.6 is 0 Å². The van der Waals surface area contributed by atoms with E-state index >= 15 is 0 Å². The molecule has 18 heavy (non-hydrogen) atoms. The molecule has 1 aromatic rings. The lowest BCUT2D eigenvalue weighted by Gasteiger charge is -2.05. The van der Waals surface area contributed by atoms with Crippen molar-refractivity contribution in [2.75, 3.05) is 12.4 Å². The first kappa shape index (κ1) is 15.1. The third-order valence-electron chi connectivity index (χ3n) is 2.28. The number of aryl methyl sites for hydroxylation is 1. The van der Waals surface area contributed by atoms with Gasteiger partial charge in [-0.15, -0.1) is 0 Å². The van der Waals surface area contributed by atoms with Crippen LogP contribution in [-0.2, 0) is 25.0 Å². The maximum atomic E-state index is 11.7. The maximum Gasteiger partial charge on any atom is 0.296 e. The first-order valence-electron chi connectivity index (χ1n) is 5.50. The minimum absolute atomic E-state index is 0.000612. The van der Waals surface area contributed by atoms with Crippen molar-refractivity contribution in [2.24, 2.45) is 0 Å². The van der Waals surface area contributed by atoms with E-state index in [1.165, 1.54) is 12.1 Å². The van der Waals surface area contributed by atoms with Crippen molar-refractivity contribution in [3.05, 3.63) is 29.8 Å². The largest absolute Gasteiger partial charge is 0.296 e. The van der Waals surface area contributed by atoms with Crippen LogP contribution in [0.15, 0.2) is 29.2 Å². The Morgan fingerprint density at radius 2 is 1.72 bits per heavy atom. The van der Waals surface area contributed by atoms with Gasteiger partial charge in [-0.05, 0) is 31.9 Å². The molecule has 7 heteroatoms. The predicted octanol–water partition coefficient (Wildman–Crippen LogP) is 1.09. The maximum absolute atomic E-state index is 11.7. The highest BCUT2D eigenvalue weighted by atomic mass is 32.2. The van der Waals surface area contributed by atoms with Gasteiger partial charge in [0.25, 0.3) is 10.1 Å². The molecule has 0 spiro atoms. The van der Waals surface area contributed by atoms with Crippen LogP contribution in [0.4, 0.5) is 0 Å². The van der Waals surface area contributed by atoms with E-state index in [4.69, 9.17) is 4.18 Å². The third kappa shape index (κ3) is 5.16. The average Bonchev–Trinajstić information content (AvgIpc) is 2.28. The van der Waals surface area contributed by atoms with Crippen LogP contribution in [-0.4, -0.2) is 29.2 Å². The average molecular weight is 292 g/mol. The Hall–Kier alpha value is -0.920. The third-order valence-corrected chi connectivity index (χ3v) is 4.29. The van der Waals surface area contributed by atoms with Crippen LogP contribution in [0.25, 0.3) is 0 Å². The molecule has 0 aliphatic rings. The van der Waals surface area contributed by atoms with E-state index in [0.29, 0.717) is 12.8 Å². The van der Waals surface area contributed by atoms with Crippen molar-refractivity contribution in [2.45, 2.75) is 24.7 Å². The highest BCUT2D eigenvalue weighted by molar-refractivity contribution is 7.86. The standard InChI is InChI=1S/C11H16O5S2/c1-10-4-6-11(7-5-10)18(14,15)16-8-2-3-9-17(12)13/h4-7,17H,2-3,8-9H2,1H3. The SMILES string of the molecule is Cc1ccc(S(=O)(=O)OCCCC[SH](=O)=O)cc1. The van der Waals surface area contributed by atoms with E-state index in [0.717, 1.165) is 5.56 Å². The van der Waals surface area contributed by atoms with Crippen LogP contribution in [0.5, 0.6) is 0 Å². The number of benzene rings is 1. The van der Waals surface area contributed by atoms with Crippen LogP contribution in [0, 0.1) is 6.92 Å². The fourth-order valence-electron chi connectivity index (χ4n) is 1.28. The monoisotopic (exact) mass is 292 g/mol. The summed E-state index contributed by atoms with van der Waals surface area (Å²) in [4.78, 5) is 0.114. The Morgan fingerprint density at radius 3 is 2.28 bits per heavy atom. The second-order valence-electron chi connectivity index (χ2n) is 3.85. The highest BCUT2D eigenvalue weighted by Crippen LogP contribution is 2.13. The fourth-order valence-corrected chi connectivity index (χ4v) is 2.71. The molecule has 0 atom stereocenters. The van der Waals surface area contributed by atoms with E-state index < -0.39 is 20.8 Å². The summed E-state index contributed by atoms with van der Waals surface area (Å²) in [6, 6.07) is 6.36. The van der Waals surface area contributed by atoms with E-state index in [-0.39, 0.29) is 17.3 Å². The molecule has 1 rings (SSSR count). The normalized spacial score (nSPS) is 11.9. The van der Waals surface area contributed by atoms with Gasteiger partial charge >= 0.3 is 0 Å². The van der Waals surface area contributed by atoms with Gasteiger partial charge < -0.3 is 0 Å². The molecule has 0 fully saturated rings. The van der Waals surface area contributed by atoms with Crippen molar-refractivity contribution >= 4 is 20.8 Å². The van der Waals surface area contributed by atoms with Crippen molar-refractivity contribution in [1.82, 2.24) is 0 Å². The minimum Gasteiger partial charge on any atom is -0.266 e. The van der Waals surface area contributed by atoms with Crippen molar-refractivity contribution < 1.29 is 21.0 Å². The summed E-state index contributed by atoms with van der Waals surface area (Å²) >= 11 is 0. The Labute approximate surface area is 109 Å². The molecule has 0 radical (unpaired) electrons. The molecule has 0 aliphatic carbocycles. The zero-order chi connectivity index (χ0) is 13.6. The topological polar surface area (TPSA) is 77.5 Å². The molecule has 0 N–H and O–H groups in total. The Bertz CT molecular complexity index is 535. The summed E-state index contributed by atoms with van der Waals surface area (Å²) in [5, 5.41) is 0. The number of hydrogen-bond acceptors (Lipinski definition) is 5. The van der Waals surface area contributed by atoms with Gasteiger partial charge in [0.1, 0.15) is 10.7 Å². The molecule has 0 bridgehead atoms. The van der Waals surface area contributed by atoms with Gasteiger partial charge in [-0.3, -0.25) is 4.18 Å². The van der Waals surface area contributed by atoms with Crippen molar-refractivity contribution in [3.8, 4) is 0 Å². The molecule has 5 nitrogen and oxygen atoms in total. The van der Waals surface area contributed by atoms with Crippen LogP contribution < -0.4 is 0 Å². The molecule has 0 saturated carbocycles. The van der Waals surface area contributed by atoms with E-state index in [9.17, 15) is 16.8 Å². The zero-order valence-corrected chi connectivity index (χ0v) is 11.7. The Balaban J connectivity index is 2.47. The number of unbranched alkanes of at least 4 members (excludes halogenated alkanes) is 1. The van der Waals surface area contributed by atoms with Gasteiger partial charge in [-0.2, -0.15) is 8.42 Å². The van der Waals surface area contributed by atoms with E-state index in [2.05, 4.69) is 0 Å². The summed E-state index contributed by atoms with van der Waals surface area (Å²) in [7, 11) is -6.13. The van der Waals surface area contributed by atoms with Crippen LogP contribution in [0.3, 0.4) is 0 Å². The first-order chi connectivity index (χ1) is 8.42. The summed E-state index contributed by atoms with van der Waals surface area (Å²) in [6.07, 6.45) is 0.802. The molecular formula is C11H16O5S2. The molecular weight excluding hydrogens is 276 g/mol. The molecule has 0 heterocycles. The molecule has 0 amide bonds. The zero-order valence-electron chi connectivity index (χ0n) is 10.0. The van der Waals surface area contributed by atoms with Crippen molar-refractivity contribution in [1.29, 1.82) is 0 Å². The second-order valence-corrected chi connectivity index (χ2v) is 6.58. The summed E-state index contributed by atoms with van der Waals surface area (Å²) in [6.45, 7) is 1.86. The fraction of sp³-hybridized carbons (Fsp3) is 0.455. The van der Waals surface area contributed by atoms with Gasteiger partial charge in [0.05, 0.1) is 11.5 Å². The predicted molar refractivity (Wildman–Crippen MR) is 68.7 cm³/mol. The number of thiol groups is 1. The molecule has 1 aromatic carbocycles. The van der Waals surface area contributed by atoms with Crippen LogP contribution in [0.2, 0.25) is 0 Å². The lowest BCUT2D eigenvalue weighted by atomic mass is 10.2. The molecule has 0 unspecified atom stereocenters. The van der Waals surface area contributed by atoms with Gasteiger partial charge in [-0.25, -0.2) is 8.42 Å². The van der Waals surface area contributed by atoms with E-state index in [1.54, 1.807) is 12.1 Å². The van der Waals surface area contributed by atoms with E-state index in [1.807, 2.05) is 6.92 Å². The molecule has 0 aromatic heterocycles. The summed E-state index contributed by atoms with van der Waals surface area (Å²) in [5.41, 5.74) is 0.966. The summed E-state index contributed by atoms with van der Waals surface area (Å²) in [5.74, 6) is 0.0588. The van der Waals surface area contributed by atoms with Crippen LogP contribution in [0.1, 0.15) is 18.4 Å². The lowest BCUT2D eigenvalue weighted by Crippen LogP contribution is -2.08. The number of hydrogen-bond donors (Lipinski definition) is 1. The first-order valence-corrected chi connectivity index (χ1v) is 8.27. The van der Waals surface area contributed by atoms with Crippen molar-refractivity contribution in [3.63, 3.8) is 0 Å². The molecule has 0 aliphatic heterocycles. The molecule has 102 valence electrons. The second kappa shape index (κ2) is 6.86. The molecule has 0 saturated heterocycles. The van der Waals surface area contributed by atoms with Gasteiger partial charge in [0.2, 0.25) is 0 Å².